The van der Waals surface area contributed by atoms with E-state index in [1.807, 2.05) is 4.90 Å². The van der Waals surface area contributed by atoms with Crippen molar-refractivity contribution >= 4 is 16.6 Å². The van der Waals surface area contributed by atoms with Gasteiger partial charge in [-0.05, 0) is 44.7 Å². The molecule has 2 heterocycles. The molecule has 1 aromatic heterocycles. The zero-order valence-corrected chi connectivity index (χ0v) is 17.3. The third-order valence-electron chi connectivity index (χ3n) is 7.17. The molecule has 0 spiro atoms. The number of nitrogens with one attached hydrogen (secondary N) is 1. The van der Waals surface area contributed by atoms with Crippen molar-refractivity contribution in [1.82, 2.24) is 9.88 Å². The van der Waals surface area contributed by atoms with Gasteiger partial charge in [0.15, 0.2) is 5.43 Å². The molecule has 1 saturated heterocycles. The van der Waals surface area contributed by atoms with E-state index in [0.29, 0.717) is 36.5 Å². The molecular formula is C23H26F2N4O. The fourth-order valence-electron chi connectivity index (χ4n) is 5.36. The minimum absolute atomic E-state index is 0.137. The zero-order valence-electron chi connectivity index (χ0n) is 17.3. The summed E-state index contributed by atoms with van der Waals surface area (Å²) in [4.78, 5) is 14.7. The van der Waals surface area contributed by atoms with E-state index in [9.17, 15) is 14.4 Å². The van der Waals surface area contributed by atoms with E-state index < -0.39 is 18.0 Å². The van der Waals surface area contributed by atoms with Crippen molar-refractivity contribution in [1.29, 1.82) is 5.26 Å². The number of nitrogens with zero attached hydrogens (tertiary/aromatic N) is 3. The summed E-state index contributed by atoms with van der Waals surface area (Å²) < 4.78 is 30.9. The SMILES string of the molecule is CCNC1([C@@H]2CCN(c3c(F)cc4c(=O)c(C)cn([C@@H]5C[C@@H]5F)c4c3C#N)C2)CC1. The highest BCUT2D eigenvalue weighted by molar-refractivity contribution is 5.91. The fraction of sp³-hybridized carbons (Fsp3) is 0.565. The van der Waals surface area contributed by atoms with Crippen LogP contribution in [0.2, 0.25) is 0 Å². The molecule has 7 heteroatoms. The monoisotopic (exact) mass is 412 g/mol. The van der Waals surface area contributed by atoms with Gasteiger partial charge in [-0.2, -0.15) is 5.26 Å². The molecule has 158 valence electrons. The number of hydrogen-bond acceptors (Lipinski definition) is 4. The van der Waals surface area contributed by atoms with Crippen LogP contribution in [-0.4, -0.2) is 35.9 Å². The quantitative estimate of drug-likeness (QED) is 0.816. The number of benzene rings is 1. The van der Waals surface area contributed by atoms with E-state index in [1.165, 1.54) is 6.07 Å². The Morgan fingerprint density at radius 1 is 1.40 bits per heavy atom. The molecule has 5 nitrogen and oxygen atoms in total. The van der Waals surface area contributed by atoms with Crippen LogP contribution in [0.3, 0.4) is 0 Å². The van der Waals surface area contributed by atoms with E-state index in [0.717, 1.165) is 25.8 Å². The van der Waals surface area contributed by atoms with Gasteiger partial charge in [0.1, 0.15) is 23.6 Å². The first kappa shape index (κ1) is 19.5. The standard InChI is InChI=1S/C23H26F2N4O/c1-3-27-23(5-6-23)14-4-7-28(12-14)21-16(10-26)20-15(8-18(21)25)22(30)13(2)11-29(20)19-9-17(19)24/h8,11,14,17,19,27H,3-7,9,12H2,1-2H3/t14-,17+,19-/m1/s1. The molecule has 0 radical (unpaired) electrons. The maximum atomic E-state index is 15.3. The number of fused-ring (bicyclic) bond motifs is 1. The van der Waals surface area contributed by atoms with Crippen LogP contribution in [0.4, 0.5) is 14.5 Å². The number of hydrogen-bond donors (Lipinski definition) is 1. The summed E-state index contributed by atoms with van der Waals surface area (Å²) in [5, 5.41) is 13.8. The van der Waals surface area contributed by atoms with Gasteiger partial charge >= 0.3 is 0 Å². The Balaban J connectivity index is 1.63. The predicted molar refractivity (Wildman–Crippen MR) is 112 cm³/mol. The topological polar surface area (TPSA) is 61.1 Å². The molecule has 0 unspecified atom stereocenters. The second kappa shape index (κ2) is 6.78. The summed E-state index contributed by atoms with van der Waals surface area (Å²) in [5.41, 5.74) is 1.04. The molecule has 2 aromatic rings. The second-order valence-electron chi connectivity index (χ2n) is 9.08. The van der Waals surface area contributed by atoms with Crippen molar-refractivity contribution in [2.45, 2.75) is 57.3 Å². The maximum absolute atomic E-state index is 15.3. The van der Waals surface area contributed by atoms with Crippen molar-refractivity contribution in [3.63, 3.8) is 0 Å². The second-order valence-corrected chi connectivity index (χ2v) is 9.08. The van der Waals surface area contributed by atoms with E-state index in [2.05, 4.69) is 18.3 Å². The Labute approximate surface area is 174 Å². The number of aryl methyl sites for hydroxylation is 1. The molecule has 2 aliphatic carbocycles. The van der Waals surface area contributed by atoms with E-state index >= 15 is 4.39 Å². The van der Waals surface area contributed by atoms with E-state index in [-0.39, 0.29) is 27.6 Å². The lowest BCUT2D eigenvalue weighted by molar-refractivity contribution is 0.364. The van der Waals surface area contributed by atoms with Gasteiger partial charge in [-0.1, -0.05) is 6.92 Å². The number of pyridine rings is 1. The summed E-state index contributed by atoms with van der Waals surface area (Å²) in [5.74, 6) is -0.146. The summed E-state index contributed by atoms with van der Waals surface area (Å²) in [6.45, 7) is 5.99. The van der Waals surface area contributed by atoms with E-state index in [4.69, 9.17) is 0 Å². The van der Waals surface area contributed by atoms with Gasteiger partial charge in [0, 0.05) is 36.8 Å². The number of aromatic nitrogens is 1. The van der Waals surface area contributed by atoms with Crippen LogP contribution in [0.1, 0.15) is 49.8 Å². The highest BCUT2D eigenvalue weighted by Crippen LogP contribution is 2.48. The number of anilines is 1. The molecule has 1 aliphatic heterocycles. The van der Waals surface area contributed by atoms with Crippen molar-refractivity contribution in [2.75, 3.05) is 24.5 Å². The Kier molecular flexibility index (Phi) is 4.41. The fourth-order valence-corrected chi connectivity index (χ4v) is 5.36. The molecule has 3 fully saturated rings. The molecular weight excluding hydrogens is 386 g/mol. The summed E-state index contributed by atoms with van der Waals surface area (Å²) >= 11 is 0. The molecule has 3 atom stereocenters. The van der Waals surface area contributed by atoms with Crippen molar-refractivity contribution in [3.8, 4) is 6.07 Å². The van der Waals surface area contributed by atoms with Crippen LogP contribution in [0, 0.1) is 30.0 Å². The highest BCUT2D eigenvalue weighted by atomic mass is 19.1. The number of halogens is 2. The third-order valence-corrected chi connectivity index (χ3v) is 7.17. The largest absolute Gasteiger partial charge is 0.368 e. The number of rotatable bonds is 5. The average Bonchev–Trinajstić information content (AvgIpc) is 3.61. The first-order valence-corrected chi connectivity index (χ1v) is 10.8. The normalized spacial score (nSPS) is 26.8. The Bertz CT molecular complexity index is 1130. The van der Waals surface area contributed by atoms with Crippen LogP contribution in [0.25, 0.3) is 10.9 Å². The molecule has 2 saturated carbocycles. The minimum atomic E-state index is -0.999. The first-order chi connectivity index (χ1) is 14.4. The van der Waals surface area contributed by atoms with Crippen molar-refractivity contribution in [2.24, 2.45) is 5.92 Å². The van der Waals surface area contributed by atoms with Crippen LogP contribution >= 0.6 is 0 Å². The van der Waals surface area contributed by atoms with Gasteiger partial charge < -0.3 is 14.8 Å². The Hall–Kier alpha value is -2.46. The summed E-state index contributed by atoms with van der Waals surface area (Å²) in [6.07, 6.45) is 4.17. The Morgan fingerprint density at radius 3 is 2.73 bits per heavy atom. The van der Waals surface area contributed by atoms with E-state index in [1.54, 1.807) is 17.7 Å². The molecule has 3 aliphatic rings. The van der Waals surface area contributed by atoms with Gasteiger partial charge in [0.2, 0.25) is 0 Å². The smallest absolute Gasteiger partial charge is 0.192 e. The van der Waals surface area contributed by atoms with Crippen molar-refractivity contribution < 1.29 is 8.78 Å². The lowest BCUT2D eigenvalue weighted by Gasteiger charge is -2.26. The number of alkyl halides is 1. The van der Waals surface area contributed by atoms with Gasteiger partial charge in [-0.25, -0.2) is 8.78 Å². The average molecular weight is 412 g/mol. The maximum Gasteiger partial charge on any atom is 0.192 e. The van der Waals surface area contributed by atoms with Crippen LogP contribution in [0.5, 0.6) is 0 Å². The van der Waals surface area contributed by atoms with Crippen LogP contribution in [0.15, 0.2) is 17.1 Å². The Morgan fingerprint density at radius 2 is 2.13 bits per heavy atom. The molecule has 5 rings (SSSR count). The predicted octanol–water partition coefficient (Wildman–Crippen LogP) is 3.57. The third kappa shape index (κ3) is 2.84. The minimum Gasteiger partial charge on any atom is -0.368 e. The lowest BCUT2D eigenvalue weighted by atomic mass is 9.96. The highest BCUT2D eigenvalue weighted by Gasteiger charge is 2.51. The molecule has 0 bridgehead atoms. The molecule has 1 aromatic carbocycles. The van der Waals surface area contributed by atoms with Gasteiger partial charge in [0.05, 0.1) is 22.6 Å². The van der Waals surface area contributed by atoms with Gasteiger partial charge in [-0.15, -0.1) is 0 Å². The summed E-state index contributed by atoms with van der Waals surface area (Å²) in [6, 6.07) is 3.01. The van der Waals surface area contributed by atoms with Gasteiger partial charge in [0.25, 0.3) is 0 Å². The molecule has 0 amide bonds. The van der Waals surface area contributed by atoms with Crippen molar-refractivity contribution in [3.05, 3.63) is 39.4 Å². The number of nitriles is 1. The zero-order chi connectivity index (χ0) is 21.2. The molecule has 1 N–H and O–H groups in total. The van der Waals surface area contributed by atoms with Crippen LogP contribution in [-0.2, 0) is 0 Å². The first-order valence-electron chi connectivity index (χ1n) is 10.8. The lowest BCUT2D eigenvalue weighted by Crippen LogP contribution is -2.40. The molecule has 30 heavy (non-hydrogen) atoms. The van der Waals surface area contributed by atoms with Crippen LogP contribution < -0.4 is 15.6 Å². The summed E-state index contributed by atoms with van der Waals surface area (Å²) in [7, 11) is 0. The van der Waals surface area contributed by atoms with Gasteiger partial charge in [-0.3, -0.25) is 4.79 Å².